The zero-order chi connectivity index (χ0) is 24.9. The number of hydrogen-bond donors (Lipinski definition) is 1. The van der Waals surface area contributed by atoms with Crippen molar-refractivity contribution in [3.63, 3.8) is 0 Å². The van der Waals surface area contributed by atoms with Crippen LogP contribution >= 0.6 is 0 Å². The van der Waals surface area contributed by atoms with Crippen LogP contribution in [-0.4, -0.2) is 11.8 Å². The summed E-state index contributed by atoms with van der Waals surface area (Å²) in [5.74, 6) is 0. The molecule has 5 aromatic carbocycles. The predicted octanol–water partition coefficient (Wildman–Crippen LogP) is 6.84. The molecule has 3 heteroatoms. The summed E-state index contributed by atoms with van der Waals surface area (Å²) in [5.41, 5.74) is 16.0. The largest absolute Gasteiger partial charge is 0.355 e. The fraction of sp³-hybridized carbons (Fsp3) is 0.118. The first-order valence-electron chi connectivity index (χ1n) is 13.2. The summed E-state index contributed by atoms with van der Waals surface area (Å²) in [7, 11) is 0.941. The molecule has 8 rings (SSSR count). The Bertz CT molecular complexity index is 1910. The van der Waals surface area contributed by atoms with Gasteiger partial charge in [0.15, 0.2) is 7.28 Å². The van der Waals surface area contributed by atoms with Crippen LogP contribution in [0.3, 0.4) is 0 Å². The van der Waals surface area contributed by atoms with Crippen molar-refractivity contribution in [3.05, 3.63) is 114 Å². The molecule has 0 amide bonds. The lowest BCUT2D eigenvalue weighted by Crippen LogP contribution is -2.41. The zero-order valence-electron chi connectivity index (χ0n) is 21.4. The van der Waals surface area contributed by atoms with Gasteiger partial charge in [0.2, 0.25) is 0 Å². The second-order valence-electron chi connectivity index (χ2n) is 11.1. The molecule has 1 aromatic heterocycles. The van der Waals surface area contributed by atoms with Crippen LogP contribution < -0.4 is 16.2 Å². The standard InChI is InChI=1S/C34H27BN2/c1-20-19-24(22-13-7-8-18-28(22)36-21-11-5-4-6-12-21)30-33-29(20)23-14-9-15-25-31(23)37(33)32-26(34(25,2)3)16-10-17-27(32)35-30/h4-19,35-36H,1-3H3. The molecule has 0 bridgehead atoms. The van der Waals surface area contributed by atoms with E-state index >= 15 is 0 Å². The summed E-state index contributed by atoms with van der Waals surface area (Å²) in [6.07, 6.45) is 0. The summed E-state index contributed by atoms with van der Waals surface area (Å²) in [4.78, 5) is 0. The number of benzene rings is 5. The quantitative estimate of drug-likeness (QED) is 0.278. The Hall–Kier alpha value is -4.24. The SMILES string of the molecule is Cc1cc(-c2ccccc2Nc2ccccc2)c2c3c1c1cccc4c1n3-c1c(cccc1C4(C)C)B2. The third-order valence-electron chi connectivity index (χ3n) is 8.68. The zero-order valence-corrected chi connectivity index (χ0v) is 21.4. The van der Waals surface area contributed by atoms with Gasteiger partial charge in [-0.05, 0) is 52.8 Å². The lowest BCUT2D eigenvalue weighted by atomic mass is 9.57. The number of nitrogens with zero attached hydrogens (tertiary/aromatic N) is 1. The third kappa shape index (κ3) is 2.66. The predicted molar refractivity (Wildman–Crippen MR) is 159 cm³/mol. The molecule has 2 aliphatic rings. The Morgan fingerprint density at radius 2 is 1.49 bits per heavy atom. The van der Waals surface area contributed by atoms with Crippen LogP contribution in [0.25, 0.3) is 38.6 Å². The Labute approximate surface area is 217 Å². The van der Waals surface area contributed by atoms with Crippen LogP contribution in [0.1, 0.15) is 30.5 Å². The van der Waals surface area contributed by atoms with Crippen LogP contribution in [-0.2, 0) is 5.41 Å². The summed E-state index contributed by atoms with van der Waals surface area (Å²) in [6, 6.07) is 35.5. The molecule has 2 aliphatic heterocycles. The molecule has 0 unspecified atom stereocenters. The van der Waals surface area contributed by atoms with E-state index in [1.165, 1.54) is 66.2 Å². The van der Waals surface area contributed by atoms with E-state index in [1.807, 2.05) is 0 Å². The van der Waals surface area contributed by atoms with E-state index in [2.05, 4.69) is 128 Å². The van der Waals surface area contributed by atoms with Gasteiger partial charge in [-0.15, -0.1) is 0 Å². The highest BCUT2D eigenvalue weighted by atomic mass is 15.0. The van der Waals surface area contributed by atoms with Crippen LogP contribution in [0.15, 0.2) is 97.1 Å². The van der Waals surface area contributed by atoms with E-state index in [4.69, 9.17) is 0 Å². The number of fused-ring (bicyclic) bond motifs is 1. The molecule has 0 atom stereocenters. The van der Waals surface area contributed by atoms with Gasteiger partial charge in [-0.2, -0.15) is 0 Å². The highest BCUT2D eigenvalue weighted by Gasteiger charge is 2.39. The molecule has 1 N–H and O–H groups in total. The Balaban J connectivity index is 1.50. The Kier molecular flexibility index (Phi) is 4.05. The maximum Gasteiger partial charge on any atom is 0.198 e. The fourth-order valence-electron chi connectivity index (χ4n) is 7.01. The van der Waals surface area contributed by atoms with Crippen molar-refractivity contribution >= 4 is 51.4 Å². The minimum atomic E-state index is -0.0321. The topological polar surface area (TPSA) is 17.0 Å². The summed E-state index contributed by atoms with van der Waals surface area (Å²) < 4.78 is 2.61. The number of aryl methyl sites for hydroxylation is 1. The molecule has 0 aliphatic carbocycles. The molecule has 0 saturated carbocycles. The van der Waals surface area contributed by atoms with Crippen molar-refractivity contribution in [1.29, 1.82) is 0 Å². The van der Waals surface area contributed by atoms with Gasteiger partial charge >= 0.3 is 0 Å². The molecule has 2 nitrogen and oxygen atoms in total. The Morgan fingerprint density at radius 3 is 2.35 bits per heavy atom. The minimum absolute atomic E-state index is 0.0321. The van der Waals surface area contributed by atoms with Crippen LogP contribution in [0.4, 0.5) is 11.4 Å². The maximum absolute atomic E-state index is 3.69. The van der Waals surface area contributed by atoms with Crippen molar-refractivity contribution < 1.29 is 0 Å². The first kappa shape index (κ1) is 20.9. The smallest absolute Gasteiger partial charge is 0.198 e. The van der Waals surface area contributed by atoms with Gasteiger partial charge < -0.3 is 9.88 Å². The molecular formula is C34H27BN2. The molecular weight excluding hydrogens is 447 g/mol. The summed E-state index contributed by atoms with van der Waals surface area (Å²) in [5, 5.41) is 6.47. The lowest BCUT2D eigenvalue weighted by molar-refractivity contribution is 0.631. The van der Waals surface area contributed by atoms with Crippen molar-refractivity contribution in [2.75, 3.05) is 5.32 Å². The first-order valence-corrected chi connectivity index (χ1v) is 13.2. The monoisotopic (exact) mass is 474 g/mol. The van der Waals surface area contributed by atoms with Crippen molar-refractivity contribution in [3.8, 4) is 16.8 Å². The summed E-state index contributed by atoms with van der Waals surface area (Å²) in [6.45, 7) is 7.06. The third-order valence-corrected chi connectivity index (χ3v) is 8.68. The average Bonchev–Trinajstić information content (AvgIpc) is 3.27. The van der Waals surface area contributed by atoms with Crippen LogP contribution in [0.2, 0.25) is 0 Å². The van der Waals surface area contributed by atoms with Crippen molar-refractivity contribution in [2.24, 2.45) is 0 Å². The lowest BCUT2D eigenvalue weighted by Gasteiger charge is -2.37. The highest BCUT2D eigenvalue weighted by molar-refractivity contribution is 6.73. The van der Waals surface area contributed by atoms with Gasteiger partial charge in [-0.3, -0.25) is 0 Å². The molecule has 0 fully saturated rings. The van der Waals surface area contributed by atoms with Gasteiger partial charge in [0.1, 0.15) is 0 Å². The second kappa shape index (κ2) is 7.17. The second-order valence-corrected chi connectivity index (χ2v) is 11.1. The molecule has 0 spiro atoms. The number of nitrogens with one attached hydrogen (secondary N) is 1. The van der Waals surface area contributed by atoms with Gasteiger partial charge in [-0.25, -0.2) is 0 Å². The highest BCUT2D eigenvalue weighted by Crippen LogP contribution is 2.48. The number of aromatic nitrogens is 1. The van der Waals surface area contributed by atoms with Gasteiger partial charge in [0.05, 0.1) is 5.52 Å². The van der Waals surface area contributed by atoms with Crippen LogP contribution in [0.5, 0.6) is 0 Å². The molecule has 176 valence electrons. The molecule has 37 heavy (non-hydrogen) atoms. The van der Waals surface area contributed by atoms with Gasteiger partial charge in [0, 0.05) is 44.3 Å². The van der Waals surface area contributed by atoms with E-state index in [1.54, 1.807) is 0 Å². The number of para-hydroxylation sites is 4. The Morgan fingerprint density at radius 1 is 0.730 bits per heavy atom. The number of rotatable bonds is 3. The van der Waals surface area contributed by atoms with Crippen LogP contribution in [0, 0.1) is 6.92 Å². The molecule has 3 heterocycles. The minimum Gasteiger partial charge on any atom is -0.355 e. The molecule has 0 radical (unpaired) electrons. The van der Waals surface area contributed by atoms with E-state index in [-0.39, 0.29) is 5.41 Å². The molecule has 0 saturated heterocycles. The molecule has 6 aromatic rings. The van der Waals surface area contributed by atoms with Crippen molar-refractivity contribution in [2.45, 2.75) is 26.2 Å². The van der Waals surface area contributed by atoms with E-state index in [0.717, 1.165) is 18.7 Å². The fourth-order valence-corrected chi connectivity index (χ4v) is 7.01. The number of hydrogen-bond acceptors (Lipinski definition) is 1. The maximum atomic E-state index is 3.69. The normalized spacial score (nSPS) is 14.2. The first-order chi connectivity index (χ1) is 18.0. The number of anilines is 2. The van der Waals surface area contributed by atoms with Crippen molar-refractivity contribution in [1.82, 2.24) is 4.57 Å². The van der Waals surface area contributed by atoms with E-state index in [9.17, 15) is 0 Å². The van der Waals surface area contributed by atoms with Gasteiger partial charge in [-0.1, -0.05) is 98.2 Å². The van der Waals surface area contributed by atoms with E-state index in [0.29, 0.717) is 0 Å². The van der Waals surface area contributed by atoms with E-state index < -0.39 is 0 Å². The average molecular weight is 474 g/mol. The summed E-state index contributed by atoms with van der Waals surface area (Å²) >= 11 is 0. The van der Waals surface area contributed by atoms with Gasteiger partial charge in [0.25, 0.3) is 0 Å².